The van der Waals surface area contributed by atoms with Gasteiger partial charge in [-0.2, -0.15) is 10.1 Å². The third-order valence-corrected chi connectivity index (χ3v) is 3.13. The third-order valence-electron chi connectivity index (χ3n) is 3.13. The largest absolute Gasteiger partial charge is 0.339 e. The number of H-pyrrole nitrogens is 1. The first-order valence-electron chi connectivity index (χ1n) is 6.83. The van der Waals surface area contributed by atoms with Gasteiger partial charge >= 0.3 is 0 Å². The molecule has 1 unspecified atom stereocenters. The normalized spacial score (nSPS) is 12.4. The molecular formula is C14H16N6O. The summed E-state index contributed by atoms with van der Waals surface area (Å²) in [6.45, 7) is 2.94. The number of nitrogens with zero attached hydrogens (tertiary/aromatic N) is 4. The van der Waals surface area contributed by atoms with E-state index >= 15 is 0 Å². The zero-order valence-corrected chi connectivity index (χ0v) is 11.7. The van der Waals surface area contributed by atoms with Gasteiger partial charge in [0.15, 0.2) is 5.82 Å². The van der Waals surface area contributed by atoms with Crippen LogP contribution in [0.5, 0.6) is 0 Å². The van der Waals surface area contributed by atoms with Crippen LogP contribution in [0.3, 0.4) is 0 Å². The average Bonchev–Trinajstić information content (AvgIpc) is 3.19. The molecule has 0 spiro atoms. The Morgan fingerprint density at radius 1 is 1.29 bits per heavy atom. The molecule has 0 radical (unpaired) electrons. The highest BCUT2D eigenvalue weighted by Gasteiger charge is 2.17. The van der Waals surface area contributed by atoms with E-state index in [1.165, 1.54) is 11.9 Å². The Morgan fingerprint density at radius 2 is 2.14 bits per heavy atom. The van der Waals surface area contributed by atoms with Crippen molar-refractivity contribution in [3.63, 3.8) is 0 Å². The minimum absolute atomic E-state index is 0.138. The summed E-state index contributed by atoms with van der Waals surface area (Å²) in [5.41, 5.74) is 1.19. The molecule has 3 rings (SSSR count). The second kappa shape index (κ2) is 6.27. The summed E-state index contributed by atoms with van der Waals surface area (Å²) in [5.74, 6) is 1.49. The molecule has 1 atom stereocenters. The van der Waals surface area contributed by atoms with Gasteiger partial charge in [0.05, 0.1) is 0 Å². The van der Waals surface area contributed by atoms with Gasteiger partial charge in [0.2, 0.25) is 11.7 Å². The van der Waals surface area contributed by atoms with E-state index in [1.54, 1.807) is 0 Å². The molecule has 1 aromatic carbocycles. The van der Waals surface area contributed by atoms with Crippen LogP contribution in [0.4, 0.5) is 0 Å². The second-order valence-corrected chi connectivity index (χ2v) is 4.57. The molecule has 0 aliphatic rings. The molecule has 0 saturated heterocycles. The first-order chi connectivity index (χ1) is 10.4. The molecule has 0 aliphatic heterocycles. The lowest BCUT2D eigenvalue weighted by molar-refractivity contribution is 0.360. The van der Waals surface area contributed by atoms with E-state index in [0.29, 0.717) is 24.0 Å². The van der Waals surface area contributed by atoms with Crippen LogP contribution >= 0.6 is 0 Å². The Labute approximate surface area is 121 Å². The molecule has 21 heavy (non-hydrogen) atoms. The molecule has 108 valence electrons. The Balaban J connectivity index is 1.77. The van der Waals surface area contributed by atoms with Gasteiger partial charge < -0.3 is 9.84 Å². The van der Waals surface area contributed by atoms with Gasteiger partial charge in [0.25, 0.3) is 0 Å². The van der Waals surface area contributed by atoms with Gasteiger partial charge in [-0.25, -0.2) is 4.98 Å². The van der Waals surface area contributed by atoms with Gasteiger partial charge in [-0.15, -0.1) is 0 Å². The Bertz CT molecular complexity index is 664. The van der Waals surface area contributed by atoms with Gasteiger partial charge in [-0.3, -0.25) is 5.10 Å². The fraction of sp³-hybridized carbons (Fsp3) is 0.286. The van der Waals surface area contributed by atoms with Gasteiger partial charge in [0.1, 0.15) is 6.33 Å². The minimum atomic E-state index is 0.138. The Morgan fingerprint density at radius 3 is 2.86 bits per heavy atom. The Kier molecular flexibility index (Phi) is 4.02. The fourth-order valence-electron chi connectivity index (χ4n) is 2.16. The predicted octanol–water partition coefficient (Wildman–Crippen LogP) is 1.75. The van der Waals surface area contributed by atoms with Gasteiger partial charge in [-0.05, 0) is 12.1 Å². The van der Waals surface area contributed by atoms with Crippen molar-refractivity contribution in [3.8, 4) is 11.6 Å². The number of likely N-dealkylation sites (N-methyl/N-ethyl adjacent to an activating group) is 1. The van der Waals surface area contributed by atoms with Crippen molar-refractivity contribution in [3.05, 3.63) is 48.1 Å². The molecule has 2 aromatic heterocycles. The highest BCUT2D eigenvalue weighted by Crippen LogP contribution is 2.18. The smallest absolute Gasteiger partial charge is 0.239 e. The van der Waals surface area contributed by atoms with E-state index in [-0.39, 0.29) is 6.04 Å². The Hall–Kier alpha value is -2.54. The molecule has 2 heterocycles. The maximum atomic E-state index is 5.30. The van der Waals surface area contributed by atoms with Crippen LogP contribution < -0.4 is 5.32 Å². The zero-order valence-electron chi connectivity index (χ0n) is 11.7. The van der Waals surface area contributed by atoms with Gasteiger partial charge in [0, 0.05) is 12.5 Å². The molecule has 7 heteroatoms. The first kappa shape index (κ1) is 13.4. The lowest BCUT2D eigenvalue weighted by Gasteiger charge is -2.16. The highest BCUT2D eigenvalue weighted by molar-refractivity contribution is 5.39. The van der Waals surface area contributed by atoms with Crippen LogP contribution in [0.1, 0.15) is 24.4 Å². The highest BCUT2D eigenvalue weighted by atomic mass is 16.5. The molecule has 3 aromatic rings. The number of nitrogens with one attached hydrogen (secondary N) is 2. The minimum Gasteiger partial charge on any atom is -0.339 e. The molecular weight excluding hydrogens is 268 g/mol. The van der Waals surface area contributed by atoms with Crippen molar-refractivity contribution in [1.82, 2.24) is 30.6 Å². The summed E-state index contributed by atoms with van der Waals surface area (Å²) in [6.07, 6.45) is 2.04. The van der Waals surface area contributed by atoms with E-state index in [2.05, 4.69) is 49.7 Å². The van der Waals surface area contributed by atoms with E-state index in [1.807, 2.05) is 18.2 Å². The summed E-state index contributed by atoms with van der Waals surface area (Å²) in [7, 11) is 0. The molecule has 0 saturated carbocycles. The number of rotatable bonds is 6. The monoisotopic (exact) mass is 284 g/mol. The van der Waals surface area contributed by atoms with E-state index in [4.69, 9.17) is 4.52 Å². The summed E-state index contributed by atoms with van der Waals surface area (Å²) in [4.78, 5) is 8.35. The van der Waals surface area contributed by atoms with Crippen LogP contribution in [0, 0.1) is 0 Å². The van der Waals surface area contributed by atoms with Crippen LogP contribution in [0.25, 0.3) is 11.6 Å². The summed E-state index contributed by atoms with van der Waals surface area (Å²) in [6, 6.07) is 10.4. The SMILES string of the molecule is CCNC(Cc1nc(-c2ncn[nH]2)no1)c1ccccc1. The number of benzene rings is 1. The van der Waals surface area contributed by atoms with Gasteiger partial charge in [-0.1, -0.05) is 42.4 Å². The molecule has 2 N–H and O–H groups in total. The van der Waals surface area contributed by atoms with E-state index in [0.717, 1.165) is 6.54 Å². The van der Waals surface area contributed by atoms with Crippen molar-refractivity contribution < 1.29 is 4.52 Å². The summed E-state index contributed by atoms with van der Waals surface area (Å²) < 4.78 is 5.30. The zero-order chi connectivity index (χ0) is 14.5. The first-order valence-corrected chi connectivity index (χ1v) is 6.83. The number of hydrogen-bond acceptors (Lipinski definition) is 6. The molecule has 0 aliphatic carbocycles. The topological polar surface area (TPSA) is 92.5 Å². The van der Waals surface area contributed by atoms with Crippen LogP contribution in [0.15, 0.2) is 41.2 Å². The second-order valence-electron chi connectivity index (χ2n) is 4.57. The van der Waals surface area contributed by atoms with Crippen LogP contribution in [-0.2, 0) is 6.42 Å². The van der Waals surface area contributed by atoms with Crippen molar-refractivity contribution in [2.45, 2.75) is 19.4 Å². The fourth-order valence-corrected chi connectivity index (χ4v) is 2.16. The standard InChI is InChI=1S/C14H16N6O/c1-2-15-11(10-6-4-3-5-7-10)8-12-18-14(20-21-12)13-16-9-17-19-13/h3-7,9,11,15H,2,8H2,1H3,(H,16,17,19). The molecule has 0 fully saturated rings. The number of hydrogen-bond donors (Lipinski definition) is 2. The summed E-state index contributed by atoms with van der Waals surface area (Å²) >= 11 is 0. The maximum absolute atomic E-state index is 5.30. The third kappa shape index (κ3) is 3.14. The average molecular weight is 284 g/mol. The molecule has 0 bridgehead atoms. The lowest BCUT2D eigenvalue weighted by atomic mass is 10.0. The molecule has 7 nitrogen and oxygen atoms in total. The number of aromatic amines is 1. The predicted molar refractivity (Wildman–Crippen MR) is 76.2 cm³/mol. The maximum Gasteiger partial charge on any atom is 0.239 e. The van der Waals surface area contributed by atoms with Crippen molar-refractivity contribution in [2.75, 3.05) is 6.54 Å². The van der Waals surface area contributed by atoms with E-state index in [9.17, 15) is 0 Å². The van der Waals surface area contributed by atoms with Crippen molar-refractivity contribution >= 4 is 0 Å². The summed E-state index contributed by atoms with van der Waals surface area (Å²) in [5, 5.41) is 13.8. The van der Waals surface area contributed by atoms with E-state index < -0.39 is 0 Å². The van der Waals surface area contributed by atoms with Crippen LogP contribution in [0.2, 0.25) is 0 Å². The number of aromatic nitrogens is 5. The van der Waals surface area contributed by atoms with Crippen molar-refractivity contribution in [1.29, 1.82) is 0 Å². The molecule has 0 amide bonds. The van der Waals surface area contributed by atoms with Crippen molar-refractivity contribution in [2.24, 2.45) is 0 Å². The lowest BCUT2D eigenvalue weighted by Crippen LogP contribution is -2.23. The van der Waals surface area contributed by atoms with Crippen LogP contribution in [-0.4, -0.2) is 31.9 Å². The quantitative estimate of drug-likeness (QED) is 0.716.